The maximum atomic E-state index is 13.7. The standard InChI is InChI=1S/C11H13F2N5/c1-14-10(6-11-15-17-18(2)16-11)8-4-3-7(12)5-9(8)13/h3-5,10,14H,6H2,1-2H3. The van der Waals surface area contributed by atoms with Gasteiger partial charge in [0.1, 0.15) is 11.6 Å². The Bertz CT molecular complexity index is 540. The predicted molar refractivity (Wildman–Crippen MR) is 60.7 cm³/mol. The molecule has 0 bridgehead atoms. The van der Waals surface area contributed by atoms with Crippen LogP contribution in [0.5, 0.6) is 0 Å². The average Bonchev–Trinajstić information content (AvgIpc) is 2.72. The minimum atomic E-state index is -0.594. The summed E-state index contributed by atoms with van der Waals surface area (Å²) in [5.41, 5.74) is 0.381. The molecule has 0 fully saturated rings. The van der Waals surface area contributed by atoms with Gasteiger partial charge in [-0.1, -0.05) is 6.07 Å². The van der Waals surface area contributed by atoms with E-state index in [0.29, 0.717) is 17.8 Å². The van der Waals surface area contributed by atoms with Crippen molar-refractivity contribution in [2.45, 2.75) is 12.5 Å². The van der Waals surface area contributed by atoms with Crippen LogP contribution in [0.4, 0.5) is 8.78 Å². The number of nitrogens with zero attached hydrogens (tertiary/aromatic N) is 4. The summed E-state index contributed by atoms with van der Waals surface area (Å²) in [5, 5.41) is 14.5. The first-order valence-electron chi connectivity index (χ1n) is 5.45. The number of aromatic nitrogens is 4. The monoisotopic (exact) mass is 253 g/mol. The Hall–Kier alpha value is -1.89. The van der Waals surface area contributed by atoms with Crippen LogP contribution in [-0.4, -0.2) is 27.3 Å². The Balaban J connectivity index is 2.22. The van der Waals surface area contributed by atoms with Gasteiger partial charge in [-0.25, -0.2) is 8.78 Å². The van der Waals surface area contributed by atoms with Crippen molar-refractivity contribution in [2.75, 3.05) is 7.05 Å². The zero-order valence-corrected chi connectivity index (χ0v) is 10.1. The van der Waals surface area contributed by atoms with Crippen LogP contribution >= 0.6 is 0 Å². The fourth-order valence-electron chi connectivity index (χ4n) is 1.74. The molecule has 2 aromatic rings. The lowest BCUT2D eigenvalue weighted by molar-refractivity contribution is 0.514. The summed E-state index contributed by atoms with van der Waals surface area (Å²) in [6.07, 6.45) is 0.382. The third kappa shape index (κ3) is 2.67. The highest BCUT2D eigenvalue weighted by molar-refractivity contribution is 5.23. The Kier molecular flexibility index (Phi) is 3.61. The highest BCUT2D eigenvalue weighted by Gasteiger charge is 2.17. The minimum absolute atomic E-state index is 0.324. The van der Waals surface area contributed by atoms with Gasteiger partial charge < -0.3 is 5.32 Å². The van der Waals surface area contributed by atoms with Gasteiger partial charge in [0.05, 0.1) is 7.05 Å². The normalized spacial score (nSPS) is 12.7. The van der Waals surface area contributed by atoms with E-state index in [4.69, 9.17) is 0 Å². The number of hydrogen-bond acceptors (Lipinski definition) is 4. The van der Waals surface area contributed by atoms with E-state index in [9.17, 15) is 8.78 Å². The van der Waals surface area contributed by atoms with Crippen molar-refractivity contribution >= 4 is 0 Å². The fourth-order valence-corrected chi connectivity index (χ4v) is 1.74. The van der Waals surface area contributed by atoms with Gasteiger partial charge in [0.25, 0.3) is 0 Å². The lowest BCUT2D eigenvalue weighted by Gasteiger charge is -2.15. The first-order chi connectivity index (χ1) is 8.60. The molecule has 0 saturated carbocycles. The topological polar surface area (TPSA) is 55.6 Å². The van der Waals surface area contributed by atoms with Gasteiger partial charge in [-0.2, -0.15) is 4.80 Å². The number of nitrogens with one attached hydrogen (secondary N) is 1. The zero-order chi connectivity index (χ0) is 13.1. The zero-order valence-electron chi connectivity index (χ0n) is 10.1. The molecule has 1 N–H and O–H groups in total. The van der Waals surface area contributed by atoms with Crippen molar-refractivity contribution in [1.29, 1.82) is 0 Å². The molecule has 0 spiro atoms. The molecule has 1 unspecified atom stereocenters. The summed E-state index contributed by atoms with van der Waals surface area (Å²) in [5.74, 6) is -0.678. The van der Waals surface area contributed by atoms with Crippen LogP contribution in [0.25, 0.3) is 0 Å². The molecule has 0 radical (unpaired) electrons. The number of likely N-dealkylation sites (N-methyl/N-ethyl adjacent to an activating group) is 1. The smallest absolute Gasteiger partial charge is 0.176 e. The first-order valence-corrected chi connectivity index (χ1v) is 5.45. The lowest BCUT2D eigenvalue weighted by Crippen LogP contribution is -2.21. The van der Waals surface area contributed by atoms with E-state index in [0.717, 1.165) is 6.07 Å². The molecule has 7 heteroatoms. The molecule has 1 atom stereocenters. The highest BCUT2D eigenvalue weighted by atomic mass is 19.1. The quantitative estimate of drug-likeness (QED) is 0.883. The van der Waals surface area contributed by atoms with E-state index in [1.807, 2.05) is 0 Å². The summed E-state index contributed by atoms with van der Waals surface area (Å²) >= 11 is 0. The molecule has 0 amide bonds. The first kappa shape index (κ1) is 12.6. The van der Waals surface area contributed by atoms with Crippen LogP contribution in [0.3, 0.4) is 0 Å². The molecule has 0 aliphatic heterocycles. The van der Waals surface area contributed by atoms with Crippen molar-refractivity contribution < 1.29 is 8.78 Å². The molecule has 0 aliphatic rings. The molecule has 1 aromatic carbocycles. The molecular weight excluding hydrogens is 240 g/mol. The van der Waals surface area contributed by atoms with E-state index in [1.165, 1.54) is 16.9 Å². The number of tetrazole rings is 1. The Labute approximate surface area is 103 Å². The van der Waals surface area contributed by atoms with E-state index in [1.54, 1.807) is 14.1 Å². The van der Waals surface area contributed by atoms with Gasteiger partial charge >= 0.3 is 0 Å². The van der Waals surface area contributed by atoms with Crippen LogP contribution in [0.1, 0.15) is 17.4 Å². The molecule has 5 nitrogen and oxygen atoms in total. The van der Waals surface area contributed by atoms with Gasteiger partial charge in [-0.3, -0.25) is 0 Å². The van der Waals surface area contributed by atoms with Crippen molar-refractivity contribution in [1.82, 2.24) is 25.5 Å². The molecule has 0 aliphatic carbocycles. The largest absolute Gasteiger partial charge is 0.313 e. The molecule has 2 rings (SSSR count). The number of halogens is 2. The maximum absolute atomic E-state index is 13.7. The number of aryl methyl sites for hydroxylation is 1. The van der Waals surface area contributed by atoms with Crippen molar-refractivity contribution in [3.8, 4) is 0 Å². The average molecular weight is 253 g/mol. The van der Waals surface area contributed by atoms with Gasteiger partial charge in [0.2, 0.25) is 0 Å². The van der Waals surface area contributed by atoms with E-state index in [2.05, 4.69) is 20.7 Å². The summed E-state index contributed by atoms with van der Waals surface area (Å²) in [6.45, 7) is 0. The van der Waals surface area contributed by atoms with Gasteiger partial charge in [-0.05, 0) is 18.3 Å². The fraction of sp³-hybridized carbons (Fsp3) is 0.364. The molecular formula is C11H13F2N5. The van der Waals surface area contributed by atoms with Gasteiger partial charge in [0.15, 0.2) is 5.82 Å². The summed E-state index contributed by atoms with van der Waals surface area (Å²) < 4.78 is 26.5. The van der Waals surface area contributed by atoms with Gasteiger partial charge in [-0.15, -0.1) is 10.2 Å². The van der Waals surface area contributed by atoms with Crippen LogP contribution in [0.2, 0.25) is 0 Å². The van der Waals surface area contributed by atoms with E-state index < -0.39 is 11.6 Å². The van der Waals surface area contributed by atoms with Crippen molar-refractivity contribution in [3.05, 3.63) is 41.2 Å². The second-order valence-electron chi connectivity index (χ2n) is 3.91. The van der Waals surface area contributed by atoms with Crippen molar-refractivity contribution in [2.24, 2.45) is 7.05 Å². The summed E-state index contributed by atoms with van der Waals surface area (Å²) in [7, 11) is 3.35. The summed E-state index contributed by atoms with van der Waals surface area (Å²) in [6, 6.07) is 3.19. The molecule has 1 aromatic heterocycles. The van der Waals surface area contributed by atoms with E-state index in [-0.39, 0.29) is 6.04 Å². The van der Waals surface area contributed by atoms with Crippen LogP contribution in [0.15, 0.2) is 18.2 Å². The second-order valence-corrected chi connectivity index (χ2v) is 3.91. The molecule has 18 heavy (non-hydrogen) atoms. The van der Waals surface area contributed by atoms with Gasteiger partial charge in [0, 0.05) is 24.1 Å². The number of rotatable bonds is 4. The Morgan fingerprint density at radius 2 is 2.17 bits per heavy atom. The Morgan fingerprint density at radius 1 is 1.39 bits per heavy atom. The van der Waals surface area contributed by atoms with Crippen LogP contribution in [0, 0.1) is 11.6 Å². The van der Waals surface area contributed by atoms with Crippen LogP contribution < -0.4 is 5.32 Å². The number of benzene rings is 1. The Morgan fingerprint density at radius 3 is 2.72 bits per heavy atom. The SMILES string of the molecule is CNC(Cc1nnn(C)n1)c1ccc(F)cc1F. The highest BCUT2D eigenvalue weighted by Crippen LogP contribution is 2.20. The maximum Gasteiger partial charge on any atom is 0.176 e. The summed E-state index contributed by atoms with van der Waals surface area (Å²) in [4.78, 5) is 1.34. The lowest BCUT2D eigenvalue weighted by atomic mass is 10.0. The number of hydrogen-bond donors (Lipinski definition) is 1. The van der Waals surface area contributed by atoms with Crippen molar-refractivity contribution in [3.63, 3.8) is 0 Å². The second kappa shape index (κ2) is 5.18. The third-order valence-electron chi connectivity index (χ3n) is 2.62. The molecule has 96 valence electrons. The third-order valence-corrected chi connectivity index (χ3v) is 2.62. The predicted octanol–water partition coefficient (Wildman–Crippen LogP) is 0.991. The molecule has 0 saturated heterocycles. The minimum Gasteiger partial charge on any atom is -0.313 e. The van der Waals surface area contributed by atoms with Crippen LogP contribution in [-0.2, 0) is 13.5 Å². The molecule has 1 heterocycles. The van der Waals surface area contributed by atoms with E-state index >= 15 is 0 Å².